The van der Waals surface area contributed by atoms with Crippen molar-refractivity contribution in [3.8, 4) is 6.07 Å². The van der Waals surface area contributed by atoms with Gasteiger partial charge in [0.15, 0.2) is 5.41 Å². The lowest BCUT2D eigenvalue weighted by Crippen LogP contribution is -2.42. The van der Waals surface area contributed by atoms with E-state index >= 15 is 0 Å². The van der Waals surface area contributed by atoms with Gasteiger partial charge in [0.05, 0.1) is 12.0 Å². The fraction of sp³-hybridized carbons (Fsp3) is 0.158. The topological polar surface area (TPSA) is 110 Å². The number of nitrogens with zero attached hydrogens (tertiary/aromatic N) is 2. The minimum atomic E-state index is -1.87. The molecule has 0 saturated carbocycles. The highest BCUT2D eigenvalue weighted by Crippen LogP contribution is 2.51. The second-order valence-electron chi connectivity index (χ2n) is 6.07. The molecule has 2 N–H and O–H groups in total. The van der Waals surface area contributed by atoms with Gasteiger partial charge in [-0.15, -0.1) is 0 Å². The van der Waals surface area contributed by atoms with E-state index in [2.05, 4.69) is 0 Å². The first kappa shape index (κ1) is 17.3. The van der Waals surface area contributed by atoms with E-state index in [0.29, 0.717) is 11.1 Å². The predicted octanol–water partition coefficient (Wildman–Crippen LogP) is 2.65. The fourth-order valence-corrected chi connectivity index (χ4v) is 3.47. The Morgan fingerprint density at radius 2 is 1.81 bits per heavy atom. The minimum Gasteiger partial charge on any atom is -0.368 e. The van der Waals surface area contributed by atoms with Gasteiger partial charge in [-0.2, -0.15) is 5.26 Å². The number of carbonyl (C=O) groups excluding carboxylic acids is 1. The van der Waals surface area contributed by atoms with E-state index in [9.17, 15) is 24.6 Å². The molecule has 0 saturated heterocycles. The highest BCUT2D eigenvalue weighted by atomic mass is 19.1. The van der Waals surface area contributed by atoms with Gasteiger partial charge in [0.25, 0.3) is 0 Å². The summed E-state index contributed by atoms with van der Waals surface area (Å²) in [4.78, 5) is 23.6. The number of rotatable bonds is 4. The first-order valence-electron chi connectivity index (χ1n) is 7.79. The zero-order valence-corrected chi connectivity index (χ0v) is 13.5. The van der Waals surface area contributed by atoms with Crippen LogP contribution in [-0.2, 0) is 4.79 Å². The van der Waals surface area contributed by atoms with Crippen molar-refractivity contribution in [1.29, 1.82) is 5.26 Å². The summed E-state index contributed by atoms with van der Waals surface area (Å²) < 4.78 is 13.2. The third-order valence-electron chi connectivity index (χ3n) is 4.66. The SMILES string of the molecule is N#CC1(C(N)=O)C=C(c2ccc(F)cc2)C([N+](=O)[O-])C1c1ccccc1. The maximum atomic E-state index is 13.2. The molecule has 2 aromatic carbocycles. The van der Waals surface area contributed by atoms with Crippen molar-refractivity contribution in [2.24, 2.45) is 11.1 Å². The van der Waals surface area contributed by atoms with Gasteiger partial charge < -0.3 is 5.73 Å². The summed E-state index contributed by atoms with van der Waals surface area (Å²) >= 11 is 0. The lowest BCUT2D eigenvalue weighted by atomic mass is 9.73. The molecule has 0 fully saturated rings. The highest BCUT2D eigenvalue weighted by molar-refractivity contribution is 5.93. The molecule has 0 aromatic heterocycles. The third-order valence-corrected chi connectivity index (χ3v) is 4.66. The smallest absolute Gasteiger partial charge is 0.247 e. The number of primary amides is 1. The van der Waals surface area contributed by atoms with E-state index in [-0.39, 0.29) is 5.57 Å². The minimum absolute atomic E-state index is 0.171. The molecule has 0 bridgehead atoms. The lowest BCUT2D eigenvalue weighted by Gasteiger charge is -2.26. The van der Waals surface area contributed by atoms with Crippen LogP contribution in [0.5, 0.6) is 0 Å². The first-order valence-corrected chi connectivity index (χ1v) is 7.79. The fourth-order valence-electron chi connectivity index (χ4n) is 3.47. The van der Waals surface area contributed by atoms with Gasteiger partial charge in [0.2, 0.25) is 11.9 Å². The molecule has 1 amide bonds. The predicted molar refractivity (Wildman–Crippen MR) is 91.6 cm³/mol. The molecule has 3 rings (SSSR count). The van der Waals surface area contributed by atoms with Gasteiger partial charge >= 0.3 is 0 Å². The average Bonchev–Trinajstić information content (AvgIpc) is 3.00. The zero-order valence-electron chi connectivity index (χ0n) is 13.5. The molecule has 1 aliphatic rings. The molecule has 3 unspecified atom stereocenters. The van der Waals surface area contributed by atoms with E-state index in [1.54, 1.807) is 30.3 Å². The van der Waals surface area contributed by atoms with Crippen molar-refractivity contribution in [2.45, 2.75) is 12.0 Å². The Bertz CT molecular complexity index is 935. The molecule has 26 heavy (non-hydrogen) atoms. The summed E-state index contributed by atoms with van der Waals surface area (Å²) in [5.41, 5.74) is 4.64. The molecule has 0 spiro atoms. The molecule has 7 heteroatoms. The molecule has 2 aromatic rings. The van der Waals surface area contributed by atoms with Gasteiger partial charge in [0.1, 0.15) is 5.82 Å². The van der Waals surface area contributed by atoms with Crippen LogP contribution in [0.4, 0.5) is 4.39 Å². The van der Waals surface area contributed by atoms with Crippen LogP contribution in [-0.4, -0.2) is 16.9 Å². The maximum absolute atomic E-state index is 13.2. The second-order valence-corrected chi connectivity index (χ2v) is 6.07. The van der Waals surface area contributed by atoms with E-state index in [1.165, 1.54) is 30.3 Å². The van der Waals surface area contributed by atoms with Crippen LogP contribution in [0, 0.1) is 32.7 Å². The van der Waals surface area contributed by atoms with Crippen LogP contribution in [0.1, 0.15) is 17.0 Å². The summed E-state index contributed by atoms with van der Waals surface area (Å²) in [7, 11) is 0. The largest absolute Gasteiger partial charge is 0.368 e. The Hall–Kier alpha value is -3.53. The van der Waals surface area contributed by atoms with Crippen molar-refractivity contribution >= 4 is 11.5 Å². The Morgan fingerprint density at radius 3 is 2.31 bits per heavy atom. The number of nitriles is 1. The van der Waals surface area contributed by atoms with Crippen LogP contribution in [0.3, 0.4) is 0 Å². The quantitative estimate of drug-likeness (QED) is 0.674. The van der Waals surface area contributed by atoms with Gasteiger partial charge in [-0.3, -0.25) is 14.9 Å². The molecular weight excluding hydrogens is 337 g/mol. The van der Waals surface area contributed by atoms with Gasteiger partial charge in [-0.25, -0.2) is 4.39 Å². The van der Waals surface area contributed by atoms with E-state index < -0.39 is 34.0 Å². The number of carbonyl (C=O) groups is 1. The Morgan fingerprint density at radius 1 is 1.19 bits per heavy atom. The van der Waals surface area contributed by atoms with Crippen molar-refractivity contribution < 1.29 is 14.1 Å². The molecule has 3 atom stereocenters. The maximum Gasteiger partial charge on any atom is 0.247 e. The van der Waals surface area contributed by atoms with Crippen molar-refractivity contribution in [2.75, 3.05) is 0 Å². The van der Waals surface area contributed by atoms with Crippen molar-refractivity contribution in [1.82, 2.24) is 0 Å². The van der Waals surface area contributed by atoms with Gasteiger partial charge in [0, 0.05) is 10.5 Å². The molecule has 6 nitrogen and oxygen atoms in total. The average molecular weight is 351 g/mol. The molecule has 0 radical (unpaired) electrons. The number of hydrogen-bond donors (Lipinski definition) is 1. The highest BCUT2D eigenvalue weighted by Gasteiger charge is 2.59. The third kappa shape index (κ3) is 2.62. The monoisotopic (exact) mass is 351 g/mol. The Kier molecular flexibility index (Phi) is 4.26. The molecule has 130 valence electrons. The van der Waals surface area contributed by atoms with Crippen LogP contribution in [0.25, 0.3) is 5.57 Å². The Labute approximate surface area is 148 Å². The van der Waals surface area contributed by atoms with E-state index in [4.69, 9.17) is 5.73 Å². The van der Waals surface area contributed by atoms with Crippen LogP contribution < -0.4 is 5.73 Å². The van der Waals surface area contributed by atoms with Gasteiger partial charge in [-0.05, 0) is 29.3 Å². The van der Waals surface area contributed by atoms with E-state index in [1.807, 2.05) is 6.07 Å². The number of nitrogens with two attached hydrogens (primary N) is 1. The van der Waals surface area contributed by atoms with Crippen molar-refractivity contribution in [3.63, 3.8) is 0 Å². The molecular formula is C19H14FN3O3. The summed E-state index contributed by atoms with van der Waals surface area (Å²) in [6.45, 7) is 0. The Balaban J connectivity index is 2.26. The lowest BCUT2D eigenvalue weighted by molar-refractivity contribution is -0.510. The van der Waals surface area contributed by atoms with Crippen LogP contribution in [0.15, 0.2) is 60.7 Å². The first-order chi connectivity index (χ1) is 12.4. The number of hydrogen-bond acceptors (Lipinski definition) is 4. The number of halogens is 1. The normalized spacial score (nSPS) is 24.5. The summed E-state index contributed by atoms with van der Waals surface area (Å²) in [6.07, 6.45) is 1.26. The zero-order chi connectivity index (χ0) is 18.9. The molecule has 0 aliphatic heterocycles. The summed E-state index contributed by atoms with van der Waals surface area (Å²) in [5.74, 6) is -2.54. The number of benzene rings is 2. The van der Waals surface area contributed by atoms with Crippen molar-refractivity contribution in [3.05, 3.63) is 87.7 Å². The number of nitro groups is 1. The number of amides is 1. The molecule has 0 heterocycles. The summed E-state index contributed by atoms with van der Waals surface area (Å²) in [5, 5.41) is 21.6. The molecule has 1 aliphatic carbocycles. The van der Waals surface area contributed by atoms with E-state index in [0.717, 1.165) is 0 Å². The summed E-state index contributed by atoms with van der Waals surface area (Å²) in [6, 6.07) is 13.9. The van der Waals surface area contributed by atoms with Crippen LogP contribution in [0.2, 0.25) is 0 Å². The van der Waals surface area contributed by atoms with Gasteiger partial charge in [-0.1, -0.05) is 42.5 Å². The second kappa shape index (κ2) is 6.41. The standard InChI is InChI=1S/C19H14FN3O3/c20-14-8-6-12(7-9-14)15-10-19(11-21,18(22)24)16(17(15)23(25)26)13-4-2-1-3-5-13/h1-10,16-17H,(H2,22,24). The van der Waals surface area contributed by atoms with Crippen LogP contribution >= 0.6 is 0 Å².